The van der Waals surface area contributed by atoms with Gasteiger partial charge in [-0.2, -0.15) is 0 Å². The summed E-state index contributed by atoms with van der Waals surface area (Å²) in [5, 5.41) is 3.17. The number of benzene rings is 2. The van der Waals surface area contributed by atoms with Crippen molar-refractivity contribution in [2.45, 2.75) is 6.92 Å². The van der Waals surface area contributed by atoms with E-state index in [-0.39, 0.29) is 11.8 Å². The lowest BCUT2D eigenvalue weighted by Gasteiger charge is -2.16. The normalized spacial score (nSPS) is 16.3. The molecule has 1 heterocycles. The number of rotatable bonds is 7. The first-order valence-corrected chi connectivity index (χ1v) is 9.96. The average Bonchev–Trinajstić information content (AvgIpc) is 2.97. The fourth-order valence-electron chi connectivity index (χ4n) is 2.36. The molecule has 140 valence electrons. The van der Waals surface area contributed by atoms with E-state index in [1.165, 1.54) is 11.8 Å². The van der Waals surface area contributed by atoms with E-state index in [2.05, 4.69) is 12.2 Å². The number of thiocarbonyl (C=S) groups is 1. The van der Waals surface area contributed by atoms with Gasteiger partial charge in [0.25, 0.3) is 5.91 Å². The van der Waals surface area contributed by atoms with Crippen molar-refractivity contribution >= 4 is 51.9 Å². The van der Waals surface area contributed by atoms with Gasteiger partial charge < -0.3 is 14.8 Å². The van der Waals surface area contributed by atoms with E-state index >= 15 is 0 Å². The third-order valence-corrected chi connectivity index (χ3v) is 5.10. The predicted octanol–water partition coefficient (Wildman–Crippen LogP) is 4.92. The van der Waals surface area contributed by atoms with E-state index < -0.39 is 0 Å². The first-order valence-electron chi connectivity index (χ1n) is 8.36. The Bertz CT molecular complexity index is 871. The lowest BCUT2D eigenvalue weighted by molar-refractivity contribution is -0.115. The molecular formula is C20H18ClNO3S2. The molecule has 1 aliphatic heterocycles. The molecule has 0 saturated carbocycles. The zero-order valence-electron chi connectivity index (χ0n) is 14.6. The lowest BCUT2D eigenvalue weighted by atomic mass is 10.1. The second kappa shape index (κ2) is 9.26. The van der Waals surface area contributed by atoms with E-state index in [4.69, 9.17) is 33.3 Å². The van der Waals surface area contributed by atoms with Crippen molar-refractivity contribution in [2.24, 2.45) is 5.92 Å². The minimum atomic E-state index is -0.208. The van der Waals surface area contributed by atoms with Crippen LogP contribution in [0.3, 0.4) is 0 Å². The van der Waals surface area contributed by atoms with E-state index in [0.29, 0.717) is 33.2 Å². The standard InChI is InChI=1S/C20H18ClNO3S2/c1-13(11-24-16-5-3-2-4-6-16)12-25-17-8-7-15(21)9-14(17)10-18-19(23)22-20(26)27-18/h2-10,13H,11-12H2,1H3,(H,22,23,26)/b18-10-/t13-/m1/s1. The number of nitrogens with one attached hydrogen (secondary N) is 1. The smallest absolute Gasteiger partial charge is 0.263 e. The molecule has 1 saturated heterocycles. The summed E-state index contributed by atoms with van der Waals surface area (Å²) < 4.78 is 12.2. The molecule has 27 heavy (non-hydrogen) atoms. The Morgan fingerprint density at radius 3 is 2.63 bits per heavy atom. The molecule has 7 heteroatoms. The van der Waals surface area contributed by atoms with Gasteiger partial charge in [-0.25, -0.2) is 0 Å². The summed E-state index contributed by atoms with van der Waals surface area (Å²) in [4.78, 5) is 12.4. The highest BCUT2D eigenvalue weighted by atomic mass is 35.5. The van der Waals surface area contributed by atoms with Gasteiger partial charge in [-0.05, 0) is 36.4 Å². The van der Waals surface area contributed by atoms with Crippen molar-refractivity contribution in [2.75, 3.05) is 13.2 Å². The Labute approximate surface area is 172 Å². The van der Waals surface area contributed by atoms with Crippen LogP contribution in [0.25, 0.3) is 6.08 Å². The molecule has 3 rings (SSSR count). The highest BCUT2D eigenvalue weighted by Gasteiger charge is 2.22. The van der Waals surface area contributed by atoms with E-state index in [1.54, 1.807) is 24.3 Å². The molecule has 1 amide bonds. The number of carbonyl (C=O) groups is 1. The van der Waals surface area contributed by atoms with Crippen LogP contribution in [0.2, 0.25) is 5.02 Å². The second-order valence-corrected chi connectivity index (χ2v) is 8.23. The van der Waals surface area contributed by atoms with Gasteiger partial charge in [-0.15, -0.1) is 0 Å². The number of ether oxygens (including phenoxy) is 2. The Hall–Kier alpha value is -2.02. The molecule has 4 nitrogen and oxygen atoms in total. The summed E-state index contributed by atoms with van der Waals surface area (Å²) in [5.74, 6) is 1.46. The molecule has 1 N–H and O–H groups in total. The van der Waals surface area contributed by atoms with Gasteiger partial charge in [0.05, 0.1) is 18.1 Å². The maximum absolute atomic E-state index is 11.9. The minimum Gasteiger partial charge on any atom is -0.493 e. The molecule has 0 aliphatic carbocycles. The Morgan fingerprint density at radius 2 is 1.93 bits per heavy atom. The topological polar surface area (TPSA) is 47.6 Å². The summed E-state index contributed by atoms with van der Waals surface area (Å²) in [5.41, 5.74) is 0.737. The Morgan fingerprint density at radius 1 is 1.19 bits per heavy atom. The van der Waals surface area contributed by atoms with Crippen molar-refractivity contribution < 1.29 is 14.3 Å². The van der Waals surface area contributed by atoms with Crippen LogP contribution >= 0.6 is 35.6 Å². The average molecular weight is 420 g/mol. The first kappa shape index (κ1) is 19.7. The SMILES string of the molecule is C[C@H](COc1ccccc1)COc1ccc(Cl)cc1/C=C1\SC(=S)NC1=O. The minimum absolute atomic E-state index is 0.179. The summed E-state index contributed by atoms with van der Waals surface area (Å²) in [7, 11) is 0. The number of thioether (sulfide) groups is 1. The third kappa shape index (κ3) is 5.73. The zero-order chi connectivity index (χ0) is 19.2. The number of para-hydroxylation sites is 1. The van der Waals surface area contributed by atoms with Crippen LogP contribution in [0.1, 0.15) is 12.5 Å². The maximum atomic E-state index is 11.9. The molecule has 0 aromatic heterocycles. The van der Waals surface area contributed by atoms with Gasteiger partial charge >= 0.3 is 0 Å². The second-order valence-electron chi connectivity index (χ2n) is 6.07. The molecule has 1 fully saturated rings. The fourth-order valence-corrected chi connectivity index (χ4v) is 3.58. The van der Waals surface area contributed by atoms with Gasteiger partial charge in [-0.1, -0.05) is 60.7 Å². The number of amides is 1. The highest BCUT2D eigenvalue weighted by Crippen LogP contribution is 2.31. The van der Waals surface area contributed by atoms with Crippen LogP contribution < -0.4 is 14.8 Å². The van der Waals surface area contributed by atoms with Gasteiger partial charge in [0.2, 0.25) is 0 Å². The van der Waals surface area contributed by atoms with Crippen LogP contribution in [0.5, 0.6) is 11.5 Å². The molecular weight excluding hydrogens is 402 g/mol. The Balaban J connectivity index is 1.64. The molecule has 2 aromatic carbocycles. The largest absolute Gasteiger partial charge is 0.493 e. The summed E-state index contributed by atoms with van der Waals surface area (Å²) in [6.07, 6.45) is 1.74. The fraction of sp³-hybridized carbons (Fsp3) is 0.200. The van der Waals surface area contributed by atoms with Crippen molar-refractivity contribution in [3.8, 4) is 11.5 Å². The molecule has 0 bridgehead atoms. The van der Waals surface area contributed by atoms with Gasteiger partial charge in [0.1, 0.15) is 15.8 Å². The van der Waals surface area contributed by atoms with Gasteiger partial charge in [-0.3, -0.25) is 4.79 Å². The zero-order valence-corrected chi connectivity index (χ0v) is 17.0. The highest BCUT2D eigenvalue weighted by molar-refractivity contribution is 8.26. The van der Waals surface area contributed by atoms with E-state index in [9.17, 15) is 4.79 Å². The molecule has 1 aliphatic rings. The maximum Gasteiger partial charge on any atom is 0.263 e. The summed E-state index contributed by atoms with van der Waals surface area (Å²) in [6.45, 7) is 3.07. The first-order chi connectivity index (χ1) is 13.0. The van der Waals surface area contributed by atoms with Crippen LogP contribution in [-0.4, -0.2) is 23.4 Å². The Kier molecular flexibility index (Phi) is 6.77. The van der Waals surface area contributed by atoms with Crippen LogP contribution in [0.15, 0.2) is 53.4 Å². The number of hydrogen-bond donors (Lipinski definition) is 1. The third-order valence-electron chi connectivity index (χ3n) is 3.70. The molecule has 1 atom stereocenters. The van der Waals surface area contributed by atoms with Crippen molar-refractivity contribution in [3.05, 3.63) is 64.0 Å². The predicted molar refractivity (Wildman–Crippen MR) is 114 cm³/mol. The van der Waals surface area contributed by atoms with Gasteiger partial charge in [0.15, 0.2) is 0 Å². The molecule has 0 unspecified atom stereocenters. The summed E-state index contributed by atoms with van der Waals surface area (Å²) in [6, 6.07) is 15.0. The molecule has 2 aromatic rings. The number of hydrogen-bond acceptors (Lipinski definition) is 5. The van der Waals surface area contributed by atoms with Crippen LogP contribution in [0, 0.1) is 5.92 Å². The number of carbonyl (C=O) groups excluding carboxylic acids is 1. The van der Waals surface area contributed by atoms with Gasteiger partial charge in [0, 0.05) is 16.5 Å². The van der Waals surface area contributed by atoms with Crippen LogP contribution in [-0.2, 0) is 4.79 Å². The van der Waals surface area contributed by atoms with Crippen molar-refractivity contribution in [1.82, 2.24) is 5.32 Å². The van der Waals surface area contributed by atoms with Crippen molar-refractivity contribution in [1.29, 1.82) is 0 Å². The van der Waals surface area contributed by atoms with E-state index in [0.717, 1.165) is 11.3 Å². The number of halogens is 1. The van der Waals surface area contributed by atoms with E-state index in [1.807, 2.05) is 30.3 Å². The monoisotopic (exact) mass is 419 g/mol. The lowest BCUT2D eigenvalue weighted by Crippen LogP contribution is -2.18. The van der Waals surface area contributed by atoms with Crippen LogP contribution in [0.4, 0.5) is 0 Å². The van der Waals surface area contributed by atoms with Crippen molar-refractivity contribution in [3.63, 3.8) is 0 Å². The molecule has 0 radical (unpaired) electrons. The molecule has 0 spiro atoms. The quantitative estimate of drug-likeness (QED) is 0.509. The summed E-state index contributed by atoms with van der Waals surface area (Å²) >= 11 is 12.4.